The number of quaternary nitrogens is 1. The van der Waals surface area contributed by atoms with E-state index < -0.39 is 5.60 Å². The van der Waals surface area contributed by atoms with Crippen molar-refractivity contribution in [1.29, 1.82) is 0 Å². The summed E-state index contributed by atoms with van der Waals surface area (Å²) in [6, 6.07) is 8.16. The summed E-state index contributed by atoms with van der Waals surface area (Å²) in [5, 5.41) is 13.0. The molecule has 4 heteroatoms. The van der Waals surface area contributed by atoms with Crippen LogP contribution in [-0.4, -0.2) is 36.6 Å². The van der Waals surface area contributed by atoms with Crippen molar-refractivity contribution in [3.63, 3.8) is 0 Å². The molecule has 1 aliphatic rings. The zero-order valence-electron chi connectivity index (χ0n) is 14.1. The molecule has 0 bridgehead atoms. The number of nitrogens with two attached hydrogens (primary N) is 1. The lowest BCUT2D eigenvalue weighted by atomic mass is 9.80. The fourth-order valence-corrected chi connectivity index (χ4v) is 3.16. The van der Waals surface area contributed by atoms with Crippen LogP contribution >= 0.6 is 0 Å². The maximum Gasteiger partial charge on any atom is 0.118 e. The molecule has 2 unspecified atom stereocenters. The van der Waals surface area contributed by atoms with Crippen LogP contribution in [0.2, 0.25) is 0 Å². The molecular weight excluding hydrogens is 278 g/mol. The Morgan fingerprint density at radius 1 is 1.32 bits per heavy atom. The zero-order chi connectivity index (χ0) is 16.1. The number of hydrogen-bond acceptors (Lipinski definition) is 3. The third-order valence-electron chi connectivity index (χ3n) is 4.82. The van der Waals surface area contributed by atoms with Crippen molar-refractivity contribution in [2.24, 2.45) is 0 Å². The standard InChI is InChI=1S/C18H29NO3/c1-4-17(2)14-18(20,10-12-22-17)9-11-19-13-15-5-7-16(21-3)8-6-15/h5-8,19-20H,4,9-14H2,1-3H3/p+1. The van der Waals surface area contributed by atoms with E-state index >= 15 is 0 Å². The number of methoxy groups -OCH3 is 1. The van der Waals surface area contributed by atoms with E-state index in [1.807, 2.05) is 12.1 Å². The molecule has 1 fully saturated rings. The molecule has 0 aromatic heterocycles. The van der Waals surface area contributed by atoms with E-state index in [9.17, 15) is 5.11 Å². The highest BCUT2D eigenvalue weighted by molar-refractivity contribution is 5.26. The molecule has 22 heavy (non-hydrogen) atoms. The van der Waals surface area contributed by atoms with Gasteiger partial charge in [-0.25, -0.2) is 0 Å². The van der Waals surface area contributed by atoms with Gasteiger partial charge in [-0.15, -0.1) is 0 Å². The van der Waals surface area contributed by atoms with Crippen LogP contribution in [0.25, 0.3) is 0 Å². The van der Waals surface area contributed by atoms with Gasteiger partial charge < -0.3 is 19.9 Å². The maximum absolute atomic E-state index is 10.8. The highest BCUT2D eigenvalue weighted by Crippen LogP contribution is 2.35. The Morgan fingerprint density at radius 3 is 2.68 bits per heavy atom. The quantitative estimate of drug-likeness (QED) is 0.756. The Balaban J connectivity index is 1.75. The second-order valence-electron chi connectivity index (χ2n) is 6.68. The molecule has 124 valence electrons. The molecule has 1 aromatic carbocycles. The number of rotatable bonds is 7. The highest BCUT2D eigenvalue weighted by atomic mass is 16.5. The summed E-state index contributed by atoms with van der Waals surface area (Å²) in [5.41, 5.74) is 0.542. The van der Waals surface area contributed by atoms with Crippen LogP contribution < -0.4 is 10.1 Å². The van der Waals surface area contributed by atoms with Gasteiger partial charge in [-0.3, -0.25) is 0 Å². The molecule has 1 saturated heterocycles. The third kappa shape index (κ3) is 4.70. The minimum atomic E-state index is -0.570. The van der Waals surface area contributed by atoms with Crippen molar-refractivity contribution in [3.8, 4) is 5.75 Å². The molecule has 0 saturated carbocycles. The average Bonchev–Trinajstić information content (AvgIpc) is 2.52. The SMILES string of the molecule is CCC1(C)CC(O)(CC[NH2+]Cc2ccc(OC)cc2)CCO1. The van der Waals surface area contributed by atoms with Gasteiger partial charge in [0.2, 0.25) is 0 Å². The first-order valence-corrected chi connectivity index (χ1v) is 8.30. The first-order chi connectivity index (χ1) is 10.5. The van der Waals surface area contributed by atoms with E-state index in [0.717, 1.165) is 44.5 Å². The molecule has 4 nitrogen and oxygen atoms in total. The van der Waals surface area contributed by atoms with E-state index in [0.29, 0.717) is 6.61 Å². The summed E-state index contributed by atoms with van der Waals surface area (Å²) >= 11 is 0. The molecule has 0 radical (unpaired) electrons. The van der Waals surface area contributed by atoms with Gasteiger partial charge in [-0.2, -0.15) is 0 Å². The monoisotopic (exact) mass is 308 g/mol. The summed E-state index contributed by atoms with van der Waals surface area (Å²) in [4.78, 5) is 0. The molecule has 3 N–H and O–H groups in total. The van der Waals surface area contributed by atoms with Gasteiger partial charge in [0, 0.05) is 18.4 Å². The fourth-order valence-electron chi connectivity index (χ4n) is 3.16. The molecule has 0 aliphatic carbocycles. The van der Waals surface area contributed by atoms with Crippen LogP contribution in [0.15, 0.2) is 24.3 Å². The van der Waals surface area contributed by atoms with Gasteiger partial charge in [-0.05, 0) is 44.0 Å². The van der Waals surface area contributed by atoms with Gasteiger partial charge in [0.1, 0.15) is 12.3 Å². The molecule has 2 atom stereocenters. The Hall–Kier alpha value is -1.10. The molecule has 1 aliphatic heterocycles. The van der Waals surface area contributed by atoms with Crippen molar-refractivity contribution in [3.05, 3.63) is 29.8 Å². The predicted molar refractivity (Wildman–Crippen MR) is 86.9 cm³/mol. The van der Waals surface area contributed by atoms with Crippen molar-refractivity contribution < 1.29 is 19.9 Å². The van der Waals surface area contributed by atoms with Gasteiger partial charge in [-0.1, -0.05) is 6.92 Å². The number of aliphatic hydroxyl groups is 1. The van der Waals surface area contributed by atoms with Crippen LogP contribution in [0, 0.1) is 0 Å². The van der Waals surface area contributed by atoms with Gasteiger partial charge in [0.05, 0.1) is 31.5 Å². The van der Waals surface area contributed by atoms with Gasteiger partial charge in [0.15, 0.2) is 0 Å². The molecule has 0 amide bonds. The predicted octanol–water partition coefficient (Wildman–Crippen LogP) is 1.86. The van der Waals surface area contributed by atoms with Crippen LogP contribution in [0.5, 0.6) is 5.75 Å². The normalized spacial score (nSPS) is 28.5. The summed E-state index contributed by atoms with van der Waals surface area (Å²) < 4.78 is 11.0. The fraction of sp³-hybridized carbons (Fsp3) is 0.667. The minimum Gasteiger partial charge on any atom is -0.497 e. The summed E-state index contributed by atoms with van der Waals surface area (Å²) in [6.07, 6.45) is 3.26. The van der Waals surface area contributed by atoms with E-state index in [1.54, 1.807) is 7.11 Å². The van der Waals surface area contributed by atoms with Crippen LogP contribution in [-0.2, 0) is 11.3 Å². The van der Waals surface area contributed by atoms with Gasteiger partial charge in [0.25, 0.3) is 0 Å². The molecule has 2 rings (SSSR count). The summed E-state index contributed by atoms with van der Waals surface area (Å²) in [7, 11) is 1.68. The van der Waals surface area contributed by atoms with E-state index in [4.69, 9.17) is 9.47 Å². The topological polar surface area (TPSA) is 55.3 Å². The third-order valence-corrected chi connectivity index (χ3v) is 4.82. The zero-order valence-corrected chi connectivity index (χ0v) is 14.1. The summed E-state index contributed by atoms with van der Waals surface area (Å²) in [5.74, 6) is 0.888. The first-order valence-electron chi connectivity index (χ1n) is 8.30. The largest absolute Gasteiger partial charge is 0.497 e. The second-order valence-corrected chi connectivity index (χ2v) is 6.68. The van der Waals surface area contributed by atoms with Crippen LogP contribution in [0.3, 0.4) is 0 Å². The Morgan fingerprint density at radius 2 is 2.05 bits per heavy atom. The lowest BCUT2D eigenvalue weighted by molar-refractivity contribution is -0.672. The van der Waals surface area contributed by atoms with E-state index in [-0.39, 0.29) is 5.60 Å². The number of ether oxygens (including phenoxy) is 2. The van der Waals surface area contributed by atoms with Crippen molar-refractivity contribution >= 4 is 0 Å². The Labute approximate surface area is 133 Å². The van der Waals surface area contributed by atoms with Crippen molar-refractivity contribution in [1.82, 2.24) is 0 Å². The maximum atomic E-state index is 10.8. The van der Waals surface area contributed by atoms with Crippen molar-refractivity contribution in [2.75, 3.05) is 20.3 Å². The summed E-state index contributed by atoms with van der Waals surface area (Å²) in [6.45, 7) is 6.77. The van der Waals surface area contributed by atoms with Crippen LogP contribution in [0.4, 0.5) is 0 Å². The highest BCUT2D eigenvalue weighted by Gasteiger charge is 2.40. The molecular formula is C18H30NO3+. The second kappa shape index (κ2) is 7.44. The van der Waals surface area contributed by atoms with E-state index in [2.05, 4.69) is 31.3 Å². The Bertz CT molecular complexity index is 462. The minimum absolute atomic E-state index is 0.164. The molecule has 1 heterocycles. The first kappa shape index (κ1) is 17.3. The lowest BCUT2D eigenvalue weighted by Crippen LogP contribution is -2.83. The Kier molecular flexibility index (Phi) is 5.84. The number of hydrogen-bond donors (Lipinski definition) is 2. The van der Waals surface area contributed by atoms with E-state index in [1.165, 1.54) is 5.56 Å². The average molecular weight is 308 g/mol. The lowest BCUT2D eigenvalue weighted by Gasteiger charge is -2.42. The van der Waals surface area contributed by atoms with Crippen LogP contribution in [0.1, 0.15) is 45.1 Å². The smallest absolute Gasteiger partial charge is 0.118 e. The molecule has 0 spiro atoms. The van der Waals surface area contributed by atoms with Gasteiger partial charge >= 0.3 is 0 Å². The molecule has 1 aromatic rings. The van der Waals surface area contributed by atoms with Crippen molar-refractivity contribution in [2.45, 2.75) is 57.3 Å². The number of benzene rings is 1.